The summed E-state index contributed by atoms with van der Waals surface area (Å²) in [6.07, 6.45) is 6.26. The maximum absolute atomic E-state index is 6.41. The Morgan fingerprint density at radius 1 is 1.04 bits per heavy atom. The fourth-order valence-corrected chi connectivity index (χ4v) is 4.49. The molecule has 0 spiro atoms. The summed E-state index contributed by atoms with van der Waals surface area (Å²) >= 11 is 0. The highest BCUT2D eigenvalue weighted by molar-refractivity contribution is 5.42. The van der Waals surface area contributed by atoms with E-state index in [9.17, 15) is 0 Å². The van der Waals surface area contributed by atoms with Gasteiger partial charge in [0, 0.05) is 6.04 Å². The number of likely N-dealkylation sites (tertiary alicyclic amines) is 1. The number of benzene rings is 1. The molecule has 0 bridgehead atoms. The second-order valence-electron chi connectivity index (χ2n) is 7.71. The molecule has 2 N–H and O–H groups in total. The zero-order chi connectivity index (χ0) is 18.4. The van der Waals surface area contributed by atoms with Crippen molar-refractivity contribution < 1.29 is 4.74 Å². The molecule has 0 saturated carbocycles. The normalized spacial score (nSPS) is 25.6. The van der Waals surface area contributed by atoms with Gasteiger partial charge in [0.05, 0.1) is 12.2 Å². The molecule has 3 unspecified atom stereocenters. The molecule has 6 nitrogen and oxygen atoms in total. The molecular weight excluding hydrogens is 338 g/mol. The van der Waals surface area contributed by atoms with Crippen LogP contribution in [-0.4, -0.2) is 33.1 Å². The van der Waals surface area contributed by atoms with Gasteiger partial charge in [-0.2, -0.15) is 0 Å². The van der Waals surface area contributed by atoms with Crippen molar-refractivity contribution in [3.8, 4) is 5.75 Å². The van der Waals surface area contributed by atoms with Gasteiger partial charge < -0.3 is 10.5 Å². The first kappa shape index (κ1) is 16.7. The van der Waals surface area contributed by atoms with Crippen molar-refractivity contribution >= 4 is 5.65 Å². The van der Waals surface area contributed by atoms with E-state index in [1.165, 1.54) is 17.5 Å². The molecule has 3 aromatic rings. The topological polar surface area (TPSA) is 68.7 Å². The average molecular weight is 363 g/mol. The minimum atomic E-state index is 0.0348. The molecule has 140 valence electrons. The highest BCUT2D eigenvalue weighted by Gasteiger charge is 2.28. The summed E-state index contributed by atoms with van der Waals surface area (Å²) < 4.78 is 8.49. The molecule has 3 atom stereocenters. The Labute approximate surface area is 159 Å². The zero-order valence-electron chi connectivity index (χ0n) is 15.6. The van der Waals surface area contributed by atoms with Crippen LogP contribution >= 0.6 is 0 Å². The summed E-state index contributed by atoms with van der Waals surface area (Å²) in [4.78, 5) is 2.35. The van der Waals surface area contributed by atoms with Crippen LogP contribution in [0.1, 0.15) is 60.8 Å². The van der Waals surface area contributed by atoms with E-state index in [1.807, 2.05) is 18.3 Å². The van der Waals surface area contributed by atoms with Gasteiger partial charge in [-0.3, -0.25) is 9.30 Å². The summed E-state index contributed by atoms with van der Waals surface area (Å²) in [6.45, 7) is 1.11. The molecule has 1 aliphatic carbocycles. The van der Waals surface area contributed by atoms with Gasteiger partial charge in [-0.05, 0) is 62.5 Å². The van der Waals surface area contributed by atoms with E-state index in [4.69, 9.17) is 10.5 Å². The number of pyridine rings is 1. The smallest absolute Gasteiger partial charge is 0.161 e. The molecule has 1 fully saturated rings. The number of aromatic nitrogens is 3. The van der Waals surface area contributed by atoms with Crippen LogP contribution in [0.25, 0.3) is 5.65 Å². The van der Waals surface area contributed by atoms with Gasteiger partial charge in [-0.15, -0.1) is 10.2 Å². The Bertz CT molecular complexity index is 968. The Hall–Kier alpha value is -2.44. The van der Waals surface area contributed by atoms with Crippen molar-refractivity contribution in [1.29, 1.82) is 0 Å². The molecule has 1 saturated heterocycles. The van der Waals surface area contributed by atoms with Crippen molar-refractivity contribution in [2.45, 2.75) is 43.9 Å². The number of nitrogens with two attached hydrogens (primary N) is 1. The SMILES string of the molecule is CN1CCCC1c1nnc2ccc(OC3CCC(N)c4ccccc43)cn12. The average Bonchev–Trinajstić information content (AvgIpc) is 3.29. The van der Waals surface area contributed by atoms with E-state index < -0.39 is 0 Å². The van der Waals surface area contributed by atoms with Crippen molar-refractivity contribution in [3.05, 3.63) is 59.5 Å². The van der Waals surface area contributed by atoms with E-state index in [0.29, 0.717) is 6.04 Å². The quantitative estimate of drug-likeness (QED) is 0.772. The minimum Gasteiger partial charge on any atom is -0.484 e. The van der Waals surface area contributed by atoms with Crippen LogP contribution in [-0.2, 0) is 0 Å². The summed E-state index contributed by atoms with van der Waals surface area (Å²) in [5.74, 6) is 1.85. The third-order valence-corrected chi connectivity index (χ3v) is 5.98. The first-order valence-electron chi connectivity index (χ1n) is 9.76. The number of hydrogen-bond acceptors (Lipinski definition) is 5. The van der Waals surface area contributed by atoms with Gasteiger partial charge in [0.25, 0.3) is 0 Å². The first-order chi connectivity index (χ1) is 13.2. The van der Waals surface area contributed by atoms with Crippen LogP contribution in [0, 0.1) is 0 Å². The highest BCUT2D eigenvalue weighted by atomic mass is 16.5. The summed E-state index contributed by atoms with van der Waals surface area (Å²) in [7, 11) is 2.15. The maximum Gasteiger partial charge on any atom is 0.161 e. The minimum absolute atomic E-state index is 0.0348. The van der Waals surface area contributed by atoms with Crippen LogP contribution < -0.4 is 10.5 Å². The van der Waals surface area contributed by atoms with Gasteiger partial charge in [0.1, 0.15) is 11.9 Å². The molecule has 5 rings (SSSR count). The monoisotopic (exact) mass is 363 g/mol. The van der Waals surface area contributed by atoms with E-state index in [0.717, 1.165) is 43.0 Å². The first-order valence-corrected chi connectivity index (χ1v) is 9.76. The van der Waals surface area contributed by atoms with Gasteiger partial charge in [0.2, 0.25) is 0 Å². The molecule has 27 heavy (non-hydrogen) atoms. The summed E-state index contributed by atoms with van der Waals surface area (Å²) in [6, 6.07) is 12.8. The third kappa shape index (κ3) is 2.89. The second-order valence-corrected chi connectivity index (χ2v) is 7.71. The van der Waals surface area contributed by atoms with Crippen molar-refractivity contribution in [1.82, 2.24) is 19.5 Å². The lowest BCUT2D eigenvalue weighted by Crippen LogP contribution is -2.23. The molecular formula is C21H25N5O. The second kappa shape index (κ2) is 6.62. The lowest BCUT2D eigenvalue weighted by atomic mass is 9.86. The fraction of sp³-hybridized carbons (Fsp3) is 0.429. The van der Waals surface area contributed by atoms with Crippen LogP contribution in [0.4, 0.5) is 0 Å². The zero-order valence-corrected chi connectivity index (χ0v) is 15.6. The Balaban J connectivity index is 1.47. The lowest BCUT2D eigenvalue weighted by Gasteiger charge is -2.30. The fourth-order valence-electron chi connectivity index (χ4n) is 4.49. The molecule has 1 aromatic carbocycles. The Morgan fingerprint density at radius 3 is 2.70 bits per heavy atom. The number of nitrogens with zero attached hydrogens (tertiary/aromatic N) is 4. The Morgan fingerprint density at radius 2 is 1.89 bits per heavy atom. The number of rotatable bonds is 3. The molecule has 6 heteroatoms. The highest BCUT2D eigenvalue weighted by Crippen LogP contribution is 2.38. The molecule has 0 radical (unpaired) electrons. The standard InChI is InChI=1S/C21H25N5O/c1-25-12-4-7-18(25)21-24-23-20-11-8-14(13-26(20)21)27-19-10-9-17(22)15-5-2-3-6-16(15)19/h2-3,5-6,8,11,13,17-19H,4,7,9-10,12,22H2,1H3. The van der Waals surface area contributed by atoms with E-state index in [1.54, 1.807) is 0 Å². The number of ether oxygens (including phenoxy) is 1. The van der Waals surface area contributed by atoms with Gasteiger partial charge in [0.15, 0.2) is 11.5 Å². The lowest BCUT2D eigenvalue weighted by molar-refractivity contribution is 0.176. The summed E-state index contributed by atoms with van der Waals surface area (Å²) in [5, 5.41) is 8.81. The van der Waals surface area contributed by atoms with Crippen molar-refractivity contribution in [2.24, 2.45) is 5.73 Å². The van der Waals surface area contributed by atoms with Crippen LogP contribution in [0.2, 0.25) is 0 Å². The predicted octanol–water partition coefficient (Wildman–Crippen LogP) is 3.41. The summed E-state index contributed by atoms with van der Waals surface area (Å²) in [5.41, 5.74) is 9.55. The molecule has 2 aromatic heterocycles. The van der Waals surface area contributed by atoms with Gasteiger partial charge >= 0.3 is 0 Å². The van der Waals surface area contributed by atoms with Gasteiger partial charge in [-0.25, -0.2) is 0 Å². The van der Waals surface area contributed by atoms with Crippen LogP contribution in [0.3, 0.4) is 0 Å². The van der Waals surface area contributed by atoms with E-state index in [2.05, 4.69) is 50.8 Å². The number of fused-ring (bicyclic) bond motifs is 2. The van der Waals surface area contributed by atoms with Crippen LogP contribution in [0.15, 0.2) is 42.6 Å². The Kier molecular flexibility index (Phi) is 4.10. The largest absolute Gasteiger partial charge is 0.484 e. The van der Waals surface area contributed by atoms with Gasteiger partial charge in [-0.1, -0.05) is 24.3 Å². The maximum atomic E-state index is 6.41. The van der Waals surface area contributed by atoms with E-state index in [-0.39, 0.29) is 12.1 Å². The predicted molar refractivity (Wildman–Crippen MR) is 104 cm³/mol. The van der Waals surface area contributed by atoms with Crippen molar-refractivity contribution in [2.75, 3.05) is 13.6 Å². The molecule has 3 heterocycles. The third-order valence-electron chi connectivity index (χ3n) is 5.98. The molecule has 1 aliphatic heterocycles. The van der Waals surface area contributed by atoms with Crippen molar-refractivity contribution in [3.63, 3.8) is 0 Å². The molecule has 2 aliphatic rings. The van der Waals surface area contributed by atoms with E-state index >= 15 is 0 Å². The van der Waals surface area contributed by atoms with Crippen LogP contribution in [0.5, 0.6) is 5.75 Å². The number of hydrogen-bond donors (Lipinski definition) is 1. The molecule has 0 amide bonds.